The second kappa shape index (κ2) is 10.7. The smallest absolute Gasteiger partial charge is 0.408 e. The molecule has 0 aliphatic heterocycles. The van der Waals surface area contributed by atoms with Crippen molar-refractivity contribution in [3.8, 4) is 0 Å². The van der Waals surface area contributed by atoms with Crippen molar-refractivity contribution in [2.75, 3.05) is 0 Å². The summed E-state index contributed by atoms with van der Waals surface area (Å²) in [7, 11) is 0. The number of hydrogen-bond donors (Lipinski definition) is 3. The molecule has 2 aromatic carbocycles. The number of amides is 2. The summed E-state index contributed by atoms with van der Waals surface area (Å²) in [5.41, 5.74) is 1.65. The second-order valence-corrected chi connectivity index (χ2v) is 6.26. The maximum absolute atomic E-state index is 12.6. The van der Waals surface area contributed by atoms with Gasteiger partial charge in [0.15, 0.2) is 0 Å². The number of carboxylic acids is 1. The summed E-state index contributed by atoms with van der Waals surface area (Å²) in [6, 6.07) is 16.3. The third-order valence-corrected chi connectivity index (χ3v) is 4.13. The number of carboxylic acid groups (broad SMARTS) is 1. The van der Waals surface area contributed by atoms with Crippen molar-refractivity contribution in [1.29, 1.82) is 0 Å². The highest BCUT2D eigenvalue weighted by molar-refractivity contribution is 5.89. The van der Waals surface area contributed by atoms with Gasteiger partial charge in [0.1, 0.15) is 18.7 Å². The first kappa shape index (κ1) is 21.0. The van der Waals surface area contributed by atoms with Gasteiger partial charge in [0.2, 0.25) is 5.91 Å². The lowest BCUT2D eigenvalue weighted by molar-refractivity contribution is -0.142. The van der Waals surface area contributed by atoms with Crippen LogP contribution in [0.4, 0.5) is 4.79 Å². The van der Waals surface area contributed by atoms with E-state index in [4.69, 9.17) is 9.84 Å². The van der Waals surface area contributed by atoms with E-state index >= 15 is 0 Å². The number of benzene rings is 2. The molecule has 0 bridgehead atoms. The fraction of sp³-hybridized carbons (Fsp3) is 0.286. The summed E-state index contributed by atoms with van der Waals surface area (Å²) in [6.45, 7) is 1.73. The molecule has 0 spiro atoms. The van der Waals surface area contributed by atoms with Gasteiger partial charge in [0.25, 0.3) is 0 Å². The van der Waals surface area contributed by atoms with Crippen LogP contribution in [0.25, 0.3) is 0 Å². The van der Waals surface area contributed by atoms with E-state index in [1.807, 2.05) is 60.7 Å². The van der Waals surface area contributed by atoms with Crippen molar-refractivity contribution in [1.82, 2.24) is 10.6 Å². The molecular weight excluding hydrogens is 360 g/mol. The molecule has 2 aromatic rings. The molecule has 2 rings (SSSR count). The Hall–Kier alpha value is -3.35. The molecular formula is C21H24N2O5. The highest BCUT2D eigenvalue weighted by Crippen LogP contribution is 2.06. The summed E-state index contributed by atoms with van der Waals surface area (Å²) >= 11 is 0. The van der Waals surface area contributed by atoms with Crippen LogP contribution in [0.1, 0.15) is 24.5 Å². The molecule has 3 N–H and O–H groups in total. The van der Waals surface area contributed by atoms with E-state index in [0.717, 1.165) is 11.1 Å². The standard InChI is InChI=1S/C21H24N2O5/c1-2-17(20(25)26)22-19(24)18(13-15-9-5-3-6-10-15)23-21(27)28-14-16-11-7-4-8-12-16/h3-12,17-18H,2,13-14H2,1H3,(H,22,24)(H,23,27)(H,25,26)/t17-,18+/m0/s1. The van der Waals surface area contributed by atoms with Crippen LogP contribution in [0.5, 0.6) is 0 Å². The van der Waals surface area contributed by atoms with Gasteiger partial charge in [-0.1, -0.05) is 67.6 Å². The molecule has 0 aliphatic rings. The molecule has 148 valence electrons. The molecule has 2 atom stereocenters. The van der Waals surface area contributed by atoms with Crippen LogP contribution in [0.2, 0.25) is 0 Å². The van der Waals surface area contributed by atoms with Crippen LogP contribution >= 0.6 is 0 Å². The number of carbonyl (C=O) groups excluding carboxylic acids is 2. The number of nitrogens with one attached hydrogen (secondary N) is 2. The zero-order valence-electron chi connectivity index (χ0n) is 15.6. The predicted molar refractivity (Wildman–Crippen MR) is 104 cm³/mol. The molecule has 0 saturated carbocycles. The molecule has 7 heteroatoms. The first-order chi connectivity index (χ1) is 13.5. The minimum atomic E-state index is -1.12. The van der Waals surface area contributed by atoms with E-state index in [1.54, 1.807) is 6.92 Å². The Morgan fingerprint density at radius 1 is 0.893 bits per heavy atom. The number of rotatable bonds is 9. The highest BCUT2D eigenvalue weighted by Gasteiger charge is 2.26. The SMILES string of the molecule is CC[C@H](NC(=O)[C@@H](Cc1ccccc1)NC(=O)OCc1ccccc1)C(=O)O. The van der Waals surface area contributed by atoms with Crippen LogP contribution in [-0.4, -0.2) is 35.2 Å². The van der Waals surface area contributed by atoms with Crippen molar-refractivity contribution < 1.29 is 24.2 Å². The number of ether oxygens (including phenoxy) is 1. The Morgan fingerprint density at radius 2 is 1.46 bits per heavy atom. The molecule has 7 nitrogen and oxygen atoms in total. The maximum Gasteiger partial charge on any atom is 0.408 e. The van der Waals surface area contributed by atoms with Crippen molar-refractivity contribution >= 4 is 18.0 Å². The predicted octanol–water partition coefficient (Wildman–Crippen LogP) is 2.50. The van der Waals surface area contributed by atoms with Crippen LogP contribution in [0.3, 0.4) is 0 Å². The van der Waals surface area contributed by atoms with E-state index < -0.39 is 30.1 Å². The normalized spacial score (nSPS) is 12.5. The first-order valence-electron chi connectivity index (χ1n) is 9.04. The third kappa shape index (κ3) is 6.75. The minimum Gasteiger partial charge on any atom is -0.480 e. The van der Waals surface area contributed by atoms with Gasteiger partial charge in [-0.25, -0.2) is 9.59 Å². The Balaban J connectivity index is 2.03. The van der Waals surface area contributed by atoms with Crippen molar-refractivity contribution in [2.45, 2.75) is 38.5 Å². The van der Waals surface area contributed by atoms with E-state index in [1.165, 1.54) is 0 Å². The molecule has 0 heterocycles. The lowest BCUT2D eigenvalue weighted by Crippen LogP contribution is -2.52. The fourth-order valence-corrected chi connectivity index (χ4v) is 2.58. The average Bonchev–Trinajstić information content (AvgIpc) is 2.71. The number of hydrogen-bond acceptors (Lipinski definition) is 4. The molecule has 0 aliphatic carbocycles. The van der Waals surface area contributed by atoms with E-state index in [-0.39, 0.29) is 19.4 Å². The summed E-state index contributed by atoms with van der Waals surface area (Å²) in [4.78, 5) is 36.0. The van der Waals surface area contributed by atoms with Crippen molar-refractivity contribution in [2.24, 2.45) is 0 Å². The monoisotopic (exact) mass is 384 g/mol. The van der Waals surface area contributed by atoms with Crippen molar-refractivity contribution in [3.63, 3.8) is 0 Å². The zero-order valence-corrected chi connectivity index (χ0v) is 15.6. The van der Waals surface area contributed by atoms with Gasteiger partial charge in [-0.3, -0.25) is 4.79 Å². The Morgan fingerprint density at radius 3 is 2.00 bits per heavy atom. The van der Waals surface area contributed by atoms with Gasteiger partial charge in [-0.15, -0.1) is 0 Å². The Kier molecular flexibility index (Phi) is 8.02. The molecule has 0 radical (unpaired) electrons. The van der Waals surface area contributed by atoms with Crippen LogP contribution in [-0.2, 0) is 27.4 Å². The molecule has 0 fully saturated rings. The van der Waals surface area contributed by atoms with Gasteiger partial charge in [0.05, 0.1) is 0 Å². The van der Waals surface area contributed by atoms with Crippen LogP contribution in [0, 0.1) is 0 Å². The molecule has 0 aromatic heterocycles. The molecule has 0 unspecified atom stereocenters. The van der Waals surface area contributed by atoms with Gasteiger partial charge in [-0.05, 0) is 17.5 Å². The van der Waals surface area contributed by atoms with E-state index in [0.29, 0.717) is 0 Å². The summed E-state index contributed by atoms with van der Waals surface area (Å²) in [5, 5.41) is 14.2. The van der Waals surface area contributed by atoms with Gasteiger partial charge in [0, 0.05) is 6.42 Å². The van der Waals surface area contributed by atoms with Gasteiger partial charge in [-0.2, -0.15) is 0 Å². The fourth-order valence-electron chi connectivity index (χ4n) is 2.58. The highest BCUT2D eigenvalue weighted by atomic mass is 16.5. The minimum absolute atomic E-state index is 0.0685. The van der Waals surface area contributed by atoms with Gasteiger partial charge < -0.3 is 20.5 Å². The number of carbonyl (C=O) groups is 3. The first-order valence-corrected chi connectivity index (χ1v) is 9.04. The van der Waals surface area contributed by atoms with Crippen LogP contribution in [0.15, 0.2) is 60.7 Å². The second-order valence-electron chi connectivity index (χ2n) is 6.26. The number of aliphatic carboxylic acids is 1. The number of alkyl carbamates (subject to hydrolysis) is 1. The lowest BCUT2D eigenvalue weighted by atomic mass is 10.0. The van der Waals surface area contributed by atoms with Crippen molar-refractivity contribution in [3.05, 3.63) is 71.8 Å². The maximum atomic E-state index is 12.6. The van der Waals surface area contributed by atoms with Crippen LogP contribution < -0.4 is 10.6 Å². The topological polar surface area (TPSA) is 105 Å². The Bertz CT molecular complexity index is 780. The molecule has 0 saturated heterocycles. The average molecular weight is 384 g/mol. The summed E-state index contributed by atoms with van der Waals surface area (Å²) in [6.07, 6.45) is -0.302. The zero-order chi connectivity index (χ0) is 20.4. The lowest BCUT2D eigenvalue weighted by Gasteiger charge is -2.21. The quantitative estimate of drug-likeness (QED) is 0.616. The summed E-state index contributed by atoms with van der Waals surface area (Å²) < 4.78 is 5.18. The third-order valence-electron chi connectivity index (χ3n) is 4.13. The van der Waals surface area contributed by atoms with E-state index in [2.05, 4.69) is 10.6 Å². The largest absolute Gasteiger partial charge is 0.480 e. The summed E-state index contributed by atoms with van der Waals surface area (Å²) in [5.74, 6) is -1.70. The van der Waals surface area contributed by atoms with E-state index in [9.17, 15) is 14.4 Å². The Labute approximate surface area is 163 Å². The van der Waals surface area contributed by atoms with Gasteiger partial charge >= 0.3 is 12.1 Å². The molecule has 2 amide bonds. The molecule has 28 heavy (non-hydrogen) atoms.